The van der Waals surface area contributed by atoms with Crippen molar-refractivity contribution in [1.82, 2.24) is 14.9 Å². The largest absolute Gasteiger partial charge is 0.445 e. The van der Waals surface area contributed by atoms with Gasteiger partial charge in [-0.15, -0.1) is 0 Å². The smallest absolute Gasteiger partial charge is 0.410 e. The van der Waals surface area contributed by atoms with E-state index in [2.05, 4.69) is 20.3 Å². The third-order valence-corrected chi connectivity index (χ3v) is 4.73. The van der Waals surface area contributed by atoms with E-state index in [1.165, 1.54) is 17.3 Å². The molecular formula is C20H25FN6O2. The number of halogens is 1. The highest BCUT2D eigenvalue weighted by Crippen LogP contribution is 2.22. The zero-order chi connectivity index (χ0) is 20.6. The summed E-state index contributed by atoms with van der Waals surface area (Å²) >= 11 is 0. The van der Waals surface area contributed by atoms with Gasteiger partial charge in [0.25, 0.3) is 0 Å². The van der Waals surface area contributed by atoms with Crippen molar-refractivity contribution in [3.8, 4) is 0 Å². The lowest BCUT2D eigenvalue weighted by Gasteiger charge is -2.33. The minimum atomic E-state index is -1.19. The van der Waals surface area contributed by atoms with Crippen LogP contribution in [0, 0.1) is 12.8 Å². The normalized spacial score (nSPS) is 19.7. The number of nitrogens with two attached hydrogens (primary N) is 1. The van der Waals surface area contributed by atoms with Crippen LogP contribution in [0.25, 0.3) is 0 Å². The average Bonchev–Trinajstić information content (AvgIpc) is 2.73. The monoisotopic (exact) mass is 400 g/mol. The lowest BCUT2D eigenvalue weighted by Crippen LogP contribution is -2.46. The van der Waals surface area contributed by atoms with E-state index >= 15 is 0 Å². The minimum absolute atomic E-state index is 0.00951. The van der Waals surface area contributed by atoms with Crippen molar-refractivity contribution in [3.05, 3.63) is 54.0 Å². The number of piperidine rings is 1. The van der Waals surface area contributed by atoms with Crippen molar-refractivity contribution in [3.63, 3.8) is 0 Å². The van der Waals surface area contributed by atoms with E-state index in [9.17, 15) is 9.18 Å². The summed E-state index contributed by atoms with van der Waals surface area (Å²) in [5.74, 6) is 0.313. The Labute approximate surface area is 169 Å². The lowest BCUT2D eigenvalue weighted by molar-refractivity contribution is 0.0537. The van der Waals surface area contributed by atoms with Gasteiger partial charge in [0, 0.05) is 31.4 Å². The average molecular weight is 400 g/mol. The topological polar surface area (TPSA) is 106 Å². The maximum atomic E-state index is 14.5. The van der Waals surface area contributed by atoms with Gasteiger partial charge in [-0.3, -0.25) is 9.98 Å². The molecule has 1 fully saturated rings. The van der Waals surface area contributed by atoms with Crippen molar-refractivity contribution in [2.75, 3.05) is 25.0 Å². The predicted octanol–water partition coefficient (Wildman–Crippen LogP) is 2.51. The molecule has 0 radical (unpaired) electrons. The molecule has 0 spiro atoms. The number of carbonyl (C=O) groups excluding carboxylic acids is 1. The van der Waals surface area contributed by atoms with Gasteiger partial charge in [-0.2, -0.15) is 0 Å². The fraction of sp³-hybridized carbons (Fsp3) is 0.400. The Balaban J connectivity index is 1.44. The highest BCUT2D eigenvalue weighted by molar-refractivity contribution is 5.91. The molecule has 1 aliphatic heterocycles. The molecule has 2 aromatic rings. The van der Waals surface area contributed by atoms with Crippen LogP contribution in [0.15, 0.2) is 47.8 Å². The van der Waals surface area contributed by atoms with Crippen LogP contribution in [0.2, 0.25) is 0 Å². The Bertz CT molecular complexity index is 831. The van der Waals surface area contributed by atoms with E-state index in [1.807, 2.05) is 31.2 Å². The number of alkyl halides is 1. The Kier molecular flexibility index (Phi) is 6.94. The minimum Gasteiger partial charge on any atom is -0.445 e. The van der Waals surface area contributed by atoms with Gasteiger partial charge in [0.2, 0.25) is 0 Å². The maximum Gasteiger partial charge on any atom is 0.410 e. The molecule has 1 aliphatic rings. The van der Waals surface area contributed by atoms with Crippen molar-refractivity contribution in [1.29, 1.82) is 0 Å². The van der Waals surface area contributed by atoms with Crippen molar-refractivity contribution < 1.29 is 13.9 Å². The van der Waals surface area contributed by atoms with Crippen LogP contribution in [-0.4, -0.2) is 52.7 Å². The number of ether oxygens (including phenoxy) is 1. The fourth-order valence-corrected chi connectivity index (χ4v) is 3.00. The molecule has 0 saturated carbocycles. The second-order valence-electron chi connectivity index (χ2n) is 6.99. The number of carbonyl (C=O) groups is 1. The number of amides is 1. The summed E-state index contributed by atoms with van der Waals surface area (Å²) in [5.41, 5.74) is 7.85. The zero-order valence-electron chi connectivity index (χ0n) is 16.3. The number of guanidine groups is 1. The van der Waals surface area contributed by atoms with Gasteiger partial charge >= 0.3 is 6.09 Å². The van der Waals surface area contributed by atoms with Gasteiger partial charge in [-0.05, 0) is 18.9 Å². The fourth-order valence-electron chi connectivity index (χ4n) is 3.00. The summed E-state index contributed by atoms with van der Waals surface area (Å²) in [6.07, 6.45) is 3.39. The number of anilines is 1. The number of aliphatic imine (C=N–C) groups is 1. The first-order chi connectivity index (χ1) is 14.0. The summed E-state index contributed by atoms with van der Waals surface area (Å²) in [4.78, 5) is 25.8. The number of aromatic nitrogens is 2. The predicted molar refractivity (Wildman–Crippen MR) is 108 cm³/mol. The molecule has 2 atom stereocenters. The molecule has 0 aliphatic carbocycles. The van der Waals surface area contributed by atoms with Gasteiger partial charge in [-0.1, -0.05) is 29.8 Å². The highest BCUT2D eigenvalue weighted by Gasteiger charge is 2.32. The number of nitrogens with zero attached hydrogens (tertiary/aromatic N) is 4. The van der Waals surface area contributed by atoms with Crippen LogP contribution in [0.4, 0.5) is 15.0 Å². The Morgan fingerprint density at radius 3 is 2.86 bits per heavy atom. The summed E-state index contributed by atoms with van der Waals surface area (Å²) in [7, 11) is 0. The van der Waals surface area contributed by atoms with Gasteiger partial charge in [-0.25, -0.2) is 14.2 Å². The molecule has 3 N–H and O–H groups in total. The van der Waals surface area contributed by atoms with E-state index in [4.69, 9.17) is 10.5 Å². The number of rotatable bonds is 5. The third-order valence-electron chi connectivity index (χ3n) is 4.73. The molecule has 9 heteroatoms. The Morgan fingerprint density at radius 1 is 1.38 bits per heavy atom. The molecule has 3 rings (SSSR count). The molecule has 1 amide bonds. The molecule has 0 bridgehead atoms. The van der Waals surface area contributed by atoms with Crippen LogP contribution in [0.5, 0.6) is 0 Å². The Hall–Kier alpha value is -3.23. The summed E-state index contributed by atoms with van der Waals surface area (Å²) in [5, 5.41) is 2.81. The summed E-state index contributed by atoms with van der Waals surface area (Å²) in [6, 6.07) is 7.73. The van der Waals surface area contributed by atoms with Crippen LogP contribution < -0.4 is 11.1 Å². The third kappa shape index (κ3) is 6.13. The van der Waals surface area contributed by atoms with Crippen LogP contribution in [0.3, 0.4) is 0 Å². The number of aryl methyl sites for hydroxylation is 1. The van der Waals surface area contributed by atoms with E-state index < -0.39 is 12.3 Å². The van der Waals surface area contributed by atoms with E-state index in [-0.39, 0.29) is 31.6 Å². The second kappa shape index (κ2) is 9.81. The number of benzene rings is 1. The number of nitrogens with one attached hydrogen (secondary N) is 1. The molecule has 1 aromatic carbocycles. The van der Waals surface area contributed by atoms with Gasteiger partial charge in [0.1, 0.15) is 12.8 Å². The number of likely N-dealkylation sites (tertiary alicyclic amines) is 1. The lowest BCUT2D eigenvalue weighted by atomic mass is 9.95. The number of hydrogen-bond donors (Lipinski definition) is 2. The molecule has 2 heterocycles. The van der Waals surface area contributed by atoms with Crippen LogP contribution in [0.1, 0.15) is 17.5 Å². The molecule has 154 valence electrons. The van der Waals surface area contributed by atoms with Crippen molar-refractivity contribution >= 4 is 17.9 Å². The zero-order valence-corrected chi connectivity index (χ0v) is 16.3. The van der Waals surface area contributed by atoms with Crippen LogP contribution >= 0.6 is 0 Å². The standard InChI is InChI=1S/C20H25FN6O2/c1-14-2-4-15(5-3-14)13-29-20(28)27-9-6-16(17(21)12-27)10-25-19(22)26-18-11-23-7-8-24-18/h2-5,7-8,11,16-17H,6,9-10,12-13H2,1H3,(H3,22,24,25,26). The van der Waals surface area contributed by atoms with E-state index in [0.29, 0.717) is 18.8 Å². The van der Waals surface area contributed by atoms with Crippen molar-refractivity contribution in [2.45, 2.75) is 26.1 Å². The maximum absolute atomic E-state index is 14.5. The van der Waals surface area contributed by atoms with Crippen LogP contribution in [-0.2, 0) is 11.3 Å². The first kappa shape index (κ1) is 20.5. The Morgan fingerprint density at radius 2 is 2.17 bits per heavy atom. The molecule has 29 heavy (non-hydrogen) atoms. The molecule has 1 saturated heterocycles. The van der Waals surface area contributed by atoms with E-state index in [1.54, 1.807) is 6.20 Å². The van der Waals surface area contributed by atoms with Gasteiger partial charge in [0.15, 0.2) is 11.8 Å². The van der Waals surface area contributed by atoms with Gasteiger partial charge in [0.05, 0.1) is 12.7 Å². The van der Waals surface area contributed by atoms with Crippen molar-refractivity contribution in [2.24, 2.45) is 16.6 Å². The summed E-state index contributed by atoms with van der Waals surface area (Å²) in [6.45, 7) is 2.80. The first-order valence-corrected chi connectivity index (χ1v) is 9.45. The highest BCUT2D eigenvalue weighted by atomic mass is 19.1. The molecule has 2 unspecified atom stereocenters. The number of hydrogen-bond acceptors (Lipinski definition) is 5. The quantitative estimate of drug-likeness (QED) is 0.590. The molecular weight excluding hydrogens is 375 g/mol. The van der Waals surface area contributed by atoms with E-state index in [0.717, 1.165) is 11.1 Å². The SMILES string of the molecule is Cc1ccc(COC(=O)N2CCC(CN=C(N)Nc3cnccn3)C(F)C2)cc1. The molecule has 8 nitrogen and oxygen atoms in total. The van der Waals surface area contributed by atoms with Gasteiger partial charge < -0.3 is 20.7 Å². The summed E-state index contributed by atoms with van der Waals surface area (Å²) < 4.78 is 19.8. The second-order valence-corrected chi connectivity index (χ2v) is 6.99. The first-order valence-electron chi connectivity index (χ1n) is 9.45. The molecule has 1 aromatic heterocycles.